The number of hydrogen-bond donors (Lipinski definition) is 1. The molecule has 0 aliphatic heterocycles. The van der Waals surface area contributed by atoms with Gasteiger partial charge in [-0.25, -0.2) is 4.89 Å². The van der Waals surface area contributed by atoms with Crippen molar-refractivity contribution in [2.75, 3.05) is 0 Å². The first-order valence-electron chi connectivity index (χ1n) is 11.6. The molecule has 0 radical (unpaired) electrons. The minimum atomic E-state index is -1.06. The summed E-state index contributed by atoms with van der Waals surface area (Å²) in [7, 11) is 0. The topological polar surface area (TPSA) is 72.8 Å². The van der Waals surface area contributed by atoms with E-state index in [1.54, 1.807) is 6.92 Å². The third-order valence-corrected chi connectivity index (χ3v) is 10.2. The Bertz CT molecular complexity index is 691. The third kappa shape index (κ3) is 2.79. The minimum Gasteiger partial charge on any atom is -0.463 e. The van der Waals surface area contributed by atoms with Gasteiger partial charge < -0.3 is 4.74 Å². The fourth-order valence-corrected chi connectivity index (χ4v) is 8.89. The molecule has 0 heterocycles. The molecular weight excluding hydrogens is 368 g/mol. The highest BCUT2D eigenvalue weighted by Crippen LogP contribution is 2.70. The summed E-state index contributed by atoms with van der Waals surface area (Å²) in [5.41, 5.74) is -1.08. The number of ether oxygens (including phenoxy) is 1. The van der Waals surface area contributed by atoms with Gasteiger partial charge in [-0.1, -0.05) is 20.8 Å². The highest BCUT2D eigenvalue weighted by Gasteiger charge is 2.70. The van der Waals surface area contributed by atoms with Crippen LogP contribution in [0.5, 0.6) is 0 Å². The lowest BCUT2D eigenvalue weighted by Crippen LogP contribution is -2.60. The van der Waals surface area contributed by atoms with E-state index in [4.69, 9.17) is 9.62 Å². The molecule has 4 fully saturated rings. The van der Waals surface area contributed by atoms with E-state index in [-0.39, 0.29) is 34.6 Å². The summed E-state index contributed by atoms with van der Waals surface area (Å²) >= 11 is 0. The molecule has 4 aliphatic rings. The molecule has 0 spiro atoms. The maximum absolute atomic E-state index is 12.7. The molecule has 0 saturated heterocycles. The van der Waals surface area contributed by atoms with Gasteiger partial charge in [0.05, 0.1) is 0 Å². The lowest BCUT2D eigenvalue weighted by atomic mass is 9.44. The molecular formula is C24H38O5. The Labute approximate surface area is 174 Å². The second-order valence-electron chi connectivity index (χ2n) is 11.1. The SMILES string of the molecule is CC(=O)O[C@@H]1CC[C@@]2(C)[C@@H](CC[C@@H]3[C@@H]2CC[C@@]2(C)[C@H]3C[C@@H](C)[C@]2(OO)C(C)=O)C1. The average Bonchev–Trinajstić information content (AvgIpc) is 2.88. The van der Waals surface area contributed by atoms with E-state index >= 15 is 0 Å². The van der Waals surface area contributed by atoms with Crippen molar-refractivity contribution in [1.29, 1.82) is 0 Å². The molecule has 4 saturated carbocycles. The molecule has 4 aliphatic carbocycles. The Morgan fingerprint density at radius 2 is 1.69 bits per heavy atom. The first-order chi connectivity index (χ1) is 13.6. The van der Waals surface area contributed by atoms with E-state index in [2.05, 4.69) is 20.8 Å². The number of fused-ring (bicyclic) bond motifs is 5. The predicted octanol–water partition coefficient (Wildman–Crippen LogP) is 5.02. The quantitative estimate of drug-likeness (QED) is 0.404. The predicted molar refractivity (Wildman–Crippen MR) is 109 cm³/mol. The van der Waals surface area contributed by atoms with Crippen molar-refractivity contribution in [2.45, 2.75) is 97.7 Å². The highest BCUT2D eigenvalue weighted by molar-refractivity contribution is 5.87. The summed E-state index contributed by atoms with van der Waals surface area (Å²) in [6.07, 6.45) is 8.47. The number of carbonyl (C=O) groups is 2. The monoisotopic (exact) mass is 406 g/mol. The number of hydrogen-bond acceptors (Lipinski definition) is 5. The van der Waals surface area contributed by atoms with Crippen molar-refractivity contribution in [3.05, 3.63) is 0 Å². The standard InChI is InChI=1S/C24H38O5/c1-14-12-21-19-7-6-17-13-18(28-16(3)26)8-10-22(17,4)20(19)9-11-23(21,5)24(14,29-27)15(2)25/h14,17-21,27H,6-13H2,1-5H3/t14-,17+,18-,19-,20+,21+,22+,23+,24+/m1/s1. The summed E-state index contributed by atoms with van der Waals surface area (Å²) in [5, 5.41) is 9.93. The van der Waals surface area contributed by atoms with Gasteiger partial charge in [0.1, 0.15) is 6.10 Å². The molecule has 0 aromatic carbocycles. The average molecular weight is 407 g/mol. The van der Waals surface area contributed by atoms with Crippen molar-refractivity contribution in [3.8, 4) is 0 Å². The Morgan fingerprint density at radius 3 is 2.31 bits per heavy atom. The zero-order valence-corrected chi connectivity index (χ0v) is 18.7. The molecule has 0 amide bonds. The van der Waals surface area contributed by atoms with Crippen LogP contribution in [0, 0.1) is 40.4 Å². The summed E-state index contributed by atoms with van der Waals surface area (Å²) in [5.74, 6) is 2.09. The van der Waals surface area contributed by atoms with Gasteiger partial charge in [0.25, 0.3) is 0 Å². The summed E-state index contributed by atoms with van der Waals surface area (Å²) in [4.78, 5) is 29.3. The van der Waals surface area contributed by atoms with Crippen molar-refractivity contribution in [2.24, 2.45) is 40.4 Å². The number of esters is 1. The zero-order chi connectivity index (χ0) is 21.2. The number of carbonyl (C=O) groups excluding carboxylic acids is 2. The van der Waals surface area contributed by atoms with Crippen LogP contribution in [0.2, 0.25) is 0 Å². The van der Waals surface area contributed by atoms with Crippen LogP contribution < -0.4 is 0 Å². The van der Waals surface area contributed by atoms with Crippen molar-refractivity contribution in [1.82, 2.24) is 0 Å². The first kappa shape index (κ1) is 21.3. The second kappa shape index (κ2) is 7.05. The van der Waals surface area contributed by atoms with E-state index in [9.17, 15) is 14.8 Å². The van der Waals surface area contributed by atoms with Crippen molar-refractivity contribution < 1.29 is 24.5 Å². The molecule has 0 unspecified atom stereocenters. The Hall–Kier alpha value is -0.940. The third-order valence-electron chi connectivity index (χ3n) is 10.2. The van der Waals surface area contributed by atoms with Gasteiger partial charge in [0, 0.05) is 12.3 Å². The van der Waals surface area contributed by atoms with Crippen LogP contribution in [0.15, 0.2) is 0 Å². The molecule has 4 rings (SSSR count). The Balaban J connectivity index is 1.60. The van der Waals surface area contributed by atoms with Gasteiger partial charge in [-0.05, 0) is 93.3 Å². The van der Waals surface area contributed by atoms with Crippen molar-refractivity contribution >= 4 is 11.8 Å². The van der Waals surface area contributed by atoms with Gasteiger partial charge in [-0.15, -0.1) is 0 Å². The molecule has 0 aromatic rings. The molecule has 164 valence electrons. The van der Waals surface area contributed by atoms with Gasteiger partial charge in [-0.2, -0.15) is 0 Å². The smallest absolute Gasteiger partial charge is 0.302 e. The van der Waals surface area contributed by atoms with Crippen LogP contribution in [0.3, 0.4) is 0 Å². The van der Waals surface area contributed by atoms with E-state index in [0.717, 1.165) is 38.5 Å². The number of Topliss-reactive ketones (excluding diaryl/α,β-unsaturated/α-hetero) is 1. The fourth-order valence-electron chi connectivity index (χ4n) is 8.89. The summed E-state index contributed by atoms with van der Waals surface area (Å²) in [6.45, 7) is 9.84. The first-order valence-corrected chi connectivity index (χ1v) is 11.6. The number of ketones is 1. The van der Waals surface area contributed by atoms with Crippen molar-refractivity contribution in [3.63, 3.8) is 0 Å². The Morgan fingerprint density at radius 1 is 0.966 bits per heavy atom. The summed E-state index contributed by atoms with van der Waals surface area (Å²) in [6, 6.07) is 0. The van der Waals surface area contributed by atoms with Gasteiger partial charge in [0.15, 0.2) is 11.4 Å². The Kier molecular flexibility index (Phi) is 5.18. The molecule has 29 heavy (non-hydrogen) atoms. The maximum Gasteiger partial charge on any atom is 0.302 e. The lowest BCUT2D eigenvalue weighted by molar-refractivity contribution is -0.348. The minimum absolute atomic E-state index is 0.0299. The van der Waals surface area contributed by atoms with Crippen LogP contribution in [0.4, 0.5) is 0 Å². The molecule has 0 aromatic heterocycles. The largest absolute Gasteiger partial charge is 0.463 e. The van der Waals surface area contributed by atoms with Gasteiger partial charge in [0.2, 0.25) is 0 Å². The summed E-state index contributed by atoms with van der Waals surface area (Å²) < 4.78 is 5.57. The lowest BCUT2D eigenvalue weighted by Gasteiger charge is -2.61. The maximum atomic E-state index is 12.7. The van der Waals surface area contributed by atoms with Crippen LogP contribution in [-0.2, 0) is 19.2 Å². The van der Waals surface area contributed by atoms with Gasteiger partial charge >= 0.3 is 5.97 Å². The molecule has 1 N–H and O–H groups in total. The van der Waals surface area contributed by atoms with E-state index in [1.807, 2.05) is 0 Å². The van der Waals surface area contributed by atoms with E-state index in [1.165, 1.54) is 19.8 Å². The number of rotatable bonds is 3. The van der Waals surface area contributed by atoms with Crippen LogP contribution in [0.1, 0.15) is 86.0 Å². The fraction of sp³-hybridized carbons (Fsp3) is 0.917. The zero-order valence-electron chi connectivity index (χ0n) is 18.7. The van der Waals surface area contributed by atoms with Gasteiger partial charge in [-0.3, -0.25) is 14.8 Å². The molecule has 5 heteroatoms. The molecule has 0 bridgehead atoms. The van der Waals surface area contributed by atoms with Crippen LogP contribution >= 0.6 is 0 Å². The normalized spacial score (nSPS) is 51.5. The van der Waals surface area contributed by atoms with Crippen LogP contribution in [-0.4, -0.2) is 28.7 Å². The second-order valence-corrected chi connectivity index (χ2v) is 11.1. The molecule has 9 atom stereocenters. The van der Waals surface area contributed by atoms with Crippen LogP contribution in [0.25, 0.3) is 0 Å². The highest BCUT2D eigenvalue weighted by atomic mass is 17.1. The van der Waals surface area contributed by atoms with E-state index < -0.39 is 5.60 Å². The van der Waals surface area contributed by atoms with E-state index in [0.29, 0.717) is 23.7 Å². The molecule has 5 nitrogen and oxygen atoms in total.